The largest absolute Gasteiger partial charge is 0.311 e. The maximum absolute atomic E-state index is 3.86. The second-order valence-corrected chi connectivity index (χ2v) is 7.37. The molecule has 0 amide bonds. The summed E-state index contributed by atoms with van der Waals surface area (Å²) in [5, 5.41) is 4.60. The van der Waals surface area contributed by atoms with Gasteiger partial charge in [0.05, 0.1) is 0 Å². The van der Waals surface area contributed by atoms with Crippen molar-refractivity contribution in [2.24, 2.45) is 0 Å². The van der Waals surface area contributed by atoms with Crippen molar-refractivity contribution >= 4 is 11.8 Å². The van der Waals surface area contributed by atoms with Gasteiger partial charge in [-0.2, -0.15) is 11.8 Å². The van der Waals surface area contributed by atoms with Gasteiger partial charge < -0.3 is 5.32 Å². The smallest absolute Gasteiger partial charge is 0.0472 e. The molecule has 118 valence electrons. The Hall–Kier alpha value is -0.510. The van der Waals surface area contributed by atoms with E-state index in [-0.39, 0.29) is 0 Å². The lowest BCUT2D eigenvalue weighted by Crippen LogP contribution is -2.44. The molecular formula is C18H30N2S. The number of hydrogen-bond acceptors (Lipinski definition) is 3. The highest BCUT2D eigenvalue weighted by Gasteiger charge is 2.24. The molecular weight excluding hydrogens is 276 g/mol. The van der Waals surface area contributed by atoms with E-state index in [1.54, 1.807) is 0 Å². The number of benzene rings is 1. The molecule has 2 nitrogen and oxygen atoms in total. The molecule has 1 fully saturated rings. The minimum Gasteiger partial charge on any atom is -0.311 e. The van der Waals surface area contributed by atoms with E-state index < -0.39 is 0 Å². The van der Waals surface area contributed by atoms with Gasteiger partial charge in [-0.05, 0) is 37.2 Å². The average Bonchev–Trinajstić information content (AvgIpc) is 2.54. The normalized spacial score (nSPS) is 24.2. The van der Waals surface area contributed by atoms with Crippen molar-refractivity contribution in [3.05, 3.63) is 35.9 Å². The summed E-state index contributed by atoms with van der Waals surface area (Å²) in [4.78, 5) is 2.56. The molecule has 0 radical (unpaired) electrons. The van der Waals surface area contributed by atoms with E-state index >= 15 is 0 Å². The molecule has 1 aliphatic heterocycles. The third-order valence-electron chi connectivity index (χ3n) is 4.62. The van der Waals surface area contributed by atoms with Crippen molar-refractivity contribution in [1.29, 1.82) is 0 Å². The van der Waals surface area contributed by atoms with Crippen LogP contribution in [-0.2, 0) is 0 Å². The first-order chi connectivity index (χ1) is 10.3. The minimum atomic E-state index is 0.486. The molecule has 21 heavy (non-hydrogen) atoms. The molecule has 3 atom stereocenters. The molecule has 0 aromatic heterocycles. The van der Waals surface area contributed by atoms with E-state index in [0.717, 1.165) is 24.9 Å². The number of hydrogen-bond donors (Lipinski definition) is 1. The molecule has 3 heteroatoms. The van der Waals surface area contributed by atoms with Crippen LogP contribution in [0.5, 0.6) is 0 Å². The van der Waals surface area contributed by atoms with Gasteiger partial charge in [-0.15, -0.1) is 0 Å². The Morgan fingerprint density at radius 3 is 2.57 bits per heavy atom. The second-order valence-electron chi connectivity index (χ2n) is 5.88. The van der Waals surface area contributed by atoms with Gasteiger partial charge in [-0.25, -0.2) is 0 Å². The molecule has 1 heterocycles. The van der Waals surface area contributed by atoms with Crippen LogP contribution in [0, 0.1) is 0 Å². The summed E-state index contributed by atoms with van der Waals surface area (Å²) in [5.74, 6) is 1.33. The highest BCUT2D eigenvalue weighted by molar-refractivity contribution is 7.99. The zero-order valence-electron chi connectivity index (χ0n) is 13.7. The van der Waals surface area contributed by atoms with Crippen LogP contribution in [0.1, 0.15) is 45.2 Å². The zero-order valence-corrected chi connectivity index (χ0v) is 14.5. The van der Waals surface area contributed by atoms with E-state index in [2.05, 4.69) is 73.1 Å². The lowest BCUT2D eigenvalue weighted by molar-refractivity contribution is 0.207. The van der Waals surface area contributed by atoms with Crippen molar-refractivity contribution in [2.45, 2.75) is 50.9 Å². The van der Waals surface area contributed by atoms with Crippen LogP contribution < -0.4 is 5.32 Å². The van der Waals surface area contributed by atoms with Crippen LogP contribution in [-0.4, -0.2) is 41.6 Å². The van der Waals surface area contributed by atoms with Crippen molar-refractivity contribution in [1.82, 2.24) is 10.2 Å². The zero-order chi connectivity index (χ0) is 15.1. The van der Waals surface area contributed by atoms with Crippen LogP contribution in [0.3, 0.4) is 0 Å². The topological polar surface area (TPSA) is 15.3 Å². The van der Waals surface area contributed by atoms with Crippen molar-refractivity contribution < 1.29 is 0 Å². The van der Waals surface area contributed by atoms with Crippen LogP contribution in [0.15, 0.2) is 30.3 Å². The van der Waals surface area contributed by atoms with E-state index in [0.29, 0.717) is 12.1 Å². The lowest BCUT2D eigenvalue weighted by Gasteiger charge is -2.34. The van der Waals surface area contributed by atoms with Gasteiger partial charge in [0.2, 0.25) is 0 Å². The Labute approximate surface area is 134 Å². The molecule has 1 saturated heterocycles. The molecule has 1 aromatic rings. The van der Waals surface area contributed by atoms with Gasteiger partial charge in [0.1, 0.15) is 0 Å². The number of nitrogens with zero attached hydrogens (tertiary/aromatic N) is 1. The van der Waals surface area contributed by atoms with Crippen LogP contribution >= 0.6 is 11.8 Å². The summed E-state index contributed by atoms with van der Waals surface area (Å²) in [5.41, 5.74) is 1.44. The van der Waals surface area contributed by atoms with Gasteiger partial charge >= 0.3 is 0 Å². The Morgan fingerprint density at radius 1 is 1.24 bits per heavy atom. The highest BCUT2D eigenvalue weighted by Crippen LogP contribution is 2.26. The van der Waals surface area contributed by atoms with Crippen molar-refractivity contribution in [3.63, 3.8) is 0 Å². The molecule has 0 spiro atoms. The van der Waals surface area contributed by atoms with Gasteiger partial charge in [0.15, 0.2) is 0 Å². The molecule has 2 rings (SSSR count). The monoisotopic (exact) mass is 306 g/mol. The second kappa shape index (κ2) is 8.82. The first kappa shape index (κ1) is 16.9. The van der Waals surface area contributed by atoms with E-state index in [4.69, 9.17) is 0 Å². The van der Waals surface area contributed by atoms with Gasteiger partial charge in [0, 0.05) is 23.9 Å². The summed E-state index contributed by atoms with van der Waals surface area (Å²) < 4.78 is 0. The third kappa shape index (κ3) is 4.73. The standard InChI is InChI=1S/C18H30N2S/c1-4-20(5-2)18(16-10-7-6-8-11-16)14-19-17-12-9-13-21-15(17)3/h6-8,10-11,15,17-19H,4-5,9,12-14H2,1-3H3. The third-order valence-corrected chi connectivity index (χ3v) is 6.00. The number of nitrogens with one attached hydrogen (secondary N) is 1. The van der Waals surface area contributed by atoms with Crippen molar-refractivity contribution in [2.75, 3.05) is 25.4 Å². The van der Waals surface area contributed by atoms with Crippen LogP contribution in [0.2, 0.25) is 0 Å². The van der Waals surface area contributed by atoms with Gasteiger partial charge in [-0.3, -0.25) is 4.90 Å². The maximum Gasteiger partial charge on any atom is 0.0472 e. The first-order valence-corrected chi connectivity index (χ1v) is 9.45. The number of likely N-dealkylation sites (N-methyl/N-ethyl adjacent to an activating group) is 1. The Balaban J connectivity index is 2.02. The fourth-order valence-electron chi connectivity index (χ4n) is 3.25. The lowest BCUT2D eigenvalue weighted by atomic mass is 10.0. The van der Waals surface area contributed by atoms with Crippen molar-refractivity contribution in [3.8, 4) is 0 Å². The Morgan fingerprint density at radius 2 is 1.95 bits per heavy atom. The molecule has 1 aliphatic rings. The van der Waals surface area contributed by atoms with Crippen LogP contribution in [0.25, 0.3) is 0 Å². The predicted molar refractivity (Wildman–Crippen MR) is 95.0 cm³/mol. The fraction of sp³-hybridized carbons (Fsp3) is 0.667. The molecule has 0 aliphatic carbocycles. The molecule has 3 unspecified atom stereocenters. The summed E-state index contributed by atoms with van der Waals surface area (Å²) in [6, 6.07) is 12.1. The Bertz CT molecular complexity index is 391. The maximum atomic E-state index is 3.86. The average molecular weight is 307 g/mol. The fourth-order valence-corrected chi connectivity index (χ4v) is 4.42. The summed E-state index contributed by atoms with van der Waals surface area (Å²) in [6.07, 6.45) is 2.68. The van der Waals surface area contributed by atoms with E-state index in [9.17, 15) is 0 Å². The van der Waals surface area contributed by atoms with Crippen LogP contribution in [0.4, 0.5) is 0 Å². The summed E-state index contributed by atoms with van der Waals surface area (Å²) >= 11 is 2.12. The number of rotatable bonds is 7. The molecule has 0 saturated carbocycles. The minimum absolute atomic E-state index is 0.486. The quantitative estimate of drug-likeness (QED) is 0.821. The summed E-state index contributed by atoms with van der Waals surface area (Å²) in [6.45, 7) is 10.2. The van der Waals surface area contributed by atoms with Gasteiger partial charge in [0.25, 0.3) is 0 Å². The van der Waals surface area contributed by atoms with Gasteiger partial charge in [-0.1, -0.05) is 51.1 Å². The number of thioether (sulfide) groups is 1. The SMILES string of the molecule is CCN(CC)C(CNC1CCCSC1C)c1ccccc1. The first-order valence-electron chi connectivity index (χ1n) is 8.40. The Kier molecular flexibility index (Phi) is 7.08. The highest BCUT2D eigenvalue weighted by atomic mass is 32.2. The molecule has 1 N–H and O–H groups in total. The predicted octanol–water partition coefficient (Wildman–Crippen LogP) is 3.94. The molecule has 0 bridgehead atoms. The van der Waals surface area contributed by atoms with E-state index in [1.807, 2.05) is 0 Å². The summed E-state index contributed by atoms with van der Waals surface area (Å²) in [7, 11) is 0. The molecule has 1 aromatic carbocycles. The van der Waals surface area contributed by atoms with E-state index in [1.165, 1.54) is 24.2 Å².